The quantitative estimate of drug-likeness (QED) is 0.868. The van der Waals surface area contributed by atoms with Crippen LogP contribution in [0.3, 0.4) is 0 Å². The average molecular weight is 290 g/mol. The zero-order valence-electron chi connectivity index (χ0n) is 12.2. The van der Waals surface area contributed by atoms with Gasteiger partial charge in [0.1, 0.15) is 0 Å². The third-order valence-corrected chi connectivity index (χ3v) is 5.08. The Hall–Kier alpha value is -1.20. The summed E-state index contributed by atoms with van der Waals surface area (Å²) in [5.74, 6) is 0.756. The van der Waals surface area contributed by atoms with Crippen molar-refractivity contribution >= 4 is 11.3 Å². The Morgan fingerprint density at radius 1 is 1.45 bits per heavy atom. The molecule has 0 amide bonds. The van der Waals surface area contributed by atoms with Crippen LogP contribution < -0.4 is 0 Å². The van der Waals surface area contributed by atoms with Gasteiger partial charge in [-0.25, -0.2) is 4.98 Å². The van der Waals surface area contributed by atoms with E-state index < -0.39 is 0 Å². The molecule has 4 nitrogen and oxygen atoms in total. The molecule has 0 bridgehead atoms. The number of piperidine rings is 1. The normalized spacial score (nSPS) is 20.4. The number of hydrogen-bond acceptors (Lipinski definition) is 4. The van der Waals surface area contributed by atoms with E-state index in [1.807, 2.05) is 24.1 Å². The molecule has 0 aromatic carbocycles. The monoisotopic (exact) mass is 290 g/mol. The molecule has 3 rings (SSSR count). The first-order valence-corrected chi connectivity index (χ1v) is 8.18. The number of likely N-dealkylation sites (tertiary alicyclic amines) is 1. The maximum Gasteiger partial charge on any atom is 0.0928 e. The van der Waals surface area contributed by atoms with Crippen LogP contribution in [0.25, 0.3) is 0 Å². The Morgan fingerprint density at radius 2 is 2.35 bits per heavy atom. The van der Waals surface area contributed by atoms with Gasteiger partial charge in [-0.3, -0.25) is 9.58 Å². The van der Waals surface area contributed by atoms with Gasteiger partial charge in [-0.2, -0.15) is 5.10 Å². The number of hydrogen-bond donors (Lipinski definition) is 0. The Bertz CT molecular complexity index is 546. The predicted octanol–water partition coefficient (Wildman–Crippen LogP) is 2.64. The average Bonchev–Trinajstić information content (AvgIpc) is 3.05. The molecule has 0 aliphatic carbocycles. The molecule has 1 aliphatic heterocycles. The lowest BCUT2D eigenvalue weighted by Gasteiger charge is -2.32. The molecule has 1 aliphatic rings. The van der Waals surface area contributed by atoms with Gasteiger partial charge in [-0.1, -0.05) is 0 Å². The second-order valence-electron chi connectivity index (χ2n) is 5.75. The van der Waals surface area contributed by atoms with Crippen LogP contribution in [-0.2, 0) is 20.0 Å². The molecule has 3 heterocycles. The first-order valence-electron chi connectivity index (χ1n) is 7.30. The van der Waals surface area contributed by atoms with Crippen LogP contribution in [0.2, 0.25) is 0 Å². The summed E-state index contributed by atoms with van der Waals surface area (Å²) in [6.07, 6.45) is 7.71. The van der Waals surface area contributed by atoms with Crippen LogP contribution in [0, 0.1) is 12.8 Å². The van der Waals surface area contributed by atoms with E-state index in [9.17, 15) is 0 Å². The van der Waals surface area contributed by atoms with Gasteiger partial charge in [0.2, 0.25) is 0 Å². The highest BCUT2D eigenvalue weighted by atomic mass is 32.1. The maximum absolute atomic E-state index is 4.42. The second-order valence-corrected chi connectivity index (χ2v) is 6.73. The van der Waals surface area contributed by atoms with Crippen LogP contribution in [-0.4, -0.2) is 32.8 Å². The summed E-state index contributed by atoms with van der Waals surface area (Å²) in [6.45, 7) is 5.59. The minimum atomic E-state index is 0.756. The van der Waals surface area contributed by atoms with E-state index in [4.69, 9.17) is 0 Å². The number of thiazole rings is 1. The predicted molar refractivity (Wildman–Crippen MR) is 81.8 cm³/mol. The Balaban J connectivity index is 1.59. The van der Waals surface area contributed by atoms with E-state index in [2.05, 4.69) is 27.3 Å². The van der Waals surface area contributed by atoms with Gasteiger partial charge >= 0.3 is 0 Å². The van der Waals surface area contributed by atoms with Gasteiger partial charge in [-0.15, -0.1) is 11.3 Å². The zero-order valence-corrected chi connectivity index (χ0v) is 13.1. The lowest BCUT2D eigenvalue weighted by molar-refractivity contribution is 0.166. The van der Waals surface area contributed by atoms with Crippen molar-refractivity contribution in [3.63, 3.8) is 0 Å². The summed E-state index contributed by atoms with van der Waals surface area (Å²) in [5, 5.41) is 7.71. The Morgan fingerprint density at radius 3 is 3.05 bits per heavy atom. The summed E-state index contributed by atoms with van der Waals surface area (Å²) in [7, 11) is 2.01. The lowest BCUT2D eigenvalue weighted by Crippen LogP contribution is -2.35. The van der Waals surface area contributed by atoms with Crippen molar-refractivity contribution in [3.05, 3.63) is 34.0 Å². The van der Waals surface area contributed by atoms with Gasteiger partial charge in [0.05, 0.1) is 11.2 Å². The number of aromatic nitrogens is 3. The molecule has 1 fully saturated rings. The molecule has 1 saturated heterocycles. The molecule has 0 unspecified atom stereocenters. The van der Waals surface area contributed by atoms with Crippen molar-refractivity contribution in [3.8, 4) is 0 Å². The molecular weight excluding hydrogens is 268 g/mol. The third-order valence-electron chi connectivity index (χ3n) is 4.28. The number of nitrogens with zero attached hydrogens (tertiary/aromatic N) is 4. The van der Waals surface area contributed by atoms with E-state index in [1.54, 1.807) is 11.3 Å². The molecule has 5 heteroatoms. The molecule has 0 radical (unpaired) electrons. The second kappa shape index (κ2) is 6.06. The summed E-state index contributed by atoms with van der Waals surface area (Å²) < 4.78 is 1.96. The third kappa shape index (κ3) is 3.10. The largest absolute Gasteiger partial charge is 0.299 e. The lowest BCUT2D eigenvalue weighted by atomic mass is 9.95. The first-order chi connectivity index (χ1) is 9.72. The summed E-state index contributed by atoms with van der Waals surface area (Å²) in [6, 6.07) is 0. The topological polar surface area (TPSA) is 34.0 Å². The molecule has 1 atom stereocenters. The summed E-state index contributed by atoms with van der Waals surface area (Å²) >= 11 is 1.78. The minimum absolute atomic E-state index is 0.756. The van der Waals surface area contributed by atoms with Gasteiger partial charge in [0.25, 0.3) is 0 Å². The Kier molecular flexibility index (Phi) is 4.17. The fraction of sp³-hybridized carbons (Fsp3) is 0.600. The highest BCUT2D eigenvalue weighted by molar-refractivity contribution is 7.09. The highest BCUT2D eigenvalue weighted by Gasteiger charge is 2.21. The summed E-state index contributed by atoms with van der Waals surface area (Å²) in [5.41, 5.74) is 2.65. The Labute approximate surface area is 124 Å². The van der Waals surface area contributed by atoms with Gasteiger partial charge < -0.3 is 0 Å². The molecule has 2 aromatic heterocycles. The van der Waals surface area contributed by atoms with Crippen molar-refractivity contribution in [2.45, 2.75) is 32.7 Å². The molecule has 108 valence electrons. The number of aryl methyl sites for hydroxylation is 1. The van der Waals surface area contributed by atoms with Crippen LogP contribution in [0.15, 0.2) is 17.8 Å². The fourth-order valence-corrected chi connectivity index (χ4v) is 3.73. The van der Waals surface area contributed by atoms with Crippen molar-refractivity contribution in [2.75, 3.05) is 13.1 Å². The smallest absolute Gasteiger partial charge is 0.0928 e. The maximum atomic E-state index is 4.42. The van der Waals surface area contributed by atoms with Gasteiger partial charge in [-0.05, 0) is 32.2 Å². The van der Waals surface area contributed by atoms with Crippen LogP contribution in [0.1, 0.15) is 29.1 Å². The molecule has 0 N–H and O–H groups in total. The van der Waals surface area contributed by atoms with Crippen LogP contribution >= 0.6 is 11.3 Å². The minimum Gasteiger partial charge on any atom is -0.299 e. The van der Waals surface area contributed by atoms with E-state index in [0.29, 0.717) is 0 Å². The van der Waals surface area contributed by atoms with E-state index in [0.717, 1.165) is 18.9 Å². The molecular formula is C15H22N4S. The van der Waals surface area contributed by atoms with Gasteiger partial charge in [0, 0.05) is 49.4 Å². The van der Waals surface area contributed by atoms with Crippen LogP contribution in [0.4, 0.5) is 0 Å². The molecule has 2 aromatic rings. The standard InChI is InChI=1S/C15H22N4S/c1-12-14(9-17-18(12)2)11-19-6-3-4-13(10-19)8-15-16-5-7-20-15/h5,7,9,13H,3-4,6,8,10-11H2,1-2H3/t13-/m1/s1. The van der Waals surface area contributed by atoms with E-state index >= 15 is 0 Å². The molecule has 0 spiro atoms. The zero-order chi connectivity index (χ0) is 13.9. The summed E-state index contributed by atoms with van der Waals surface area (Å²) in [4.78, 5) is 7.00. The van der Waals surface area contributed by atoms with E-state index in [-0.39, 0.29) is 0 Å². The van der Waals surface area contributed by atoms with Crippen molar-refractivity contribution in [2.24, 2.45) is 13.0 Å². The fourth-order valence-electron chi connectivity index (χ4n) is 3.00. The first kappa shape index (κ1) is 13.8. The van der Waals surface area contributed by atoms with Crippen molar-refractivity contribution < 1.29 is 0 Å². The van der Waals surface area contributed by atoms with E-state index in [1.165, 1.54) is 42.2 Å². The molecule has 20 heavy (non-hydrogen) atoms. The van der Waals surface area contributed by atoms with Crippen molar-refractivity contribution in [1.82, 2.24) is 19.7 Å². The van der Waals surface area contributed by atoms with Gasteiger partial charge in [0.15, 0.2) is 0 Å². The molecule has 0 saturated carbocycles. The highest BCUT2D eigenvalue weighted by Crippen LogP contribution is 2.23. The number of rotatable bonds is 4. The SMILES string of the molecule is Cc1c(CN2CCC[C@H](Cc3nccs3)C2)cnn1C. The van der Waals surface area contributed by atoms with Crippen LogP contribution in [0.5, 0.6) is 0 Å². The van der Waals surface area contributed by atoms with Crippen molar-refractivity contribution in [1.29, 1.82) is 0 Å².